The summed E-state index contributed by atoms with van der Waals surface area (Å²) in [5.74, 6) is 0.795. The Morgan fingerprint density at radius 2 is 2.40 bits per heavy atom. The van der Waals surface area contributed by atoms with Crippen LogP contribution >= 0.6 is 0 Å². The summed E-state index contributed by atoms with van der Waals surface area (Å²) < 4.78 is 0. The van der Waals surface area contributed by atoms with Crippen molar-refractivity contribution < 1.29 is 0 Å². The Bertz CT molecular complexity index is 474. The minimum absolute atomic E-state index is 0.346. The van der Waals surface area contributed by atoms with Gasteiger partial charge in [-0.15, -0.1) is 0 Å². The lowest BCUT2D eigenvalue weighted by molar-refractivity contribution is 0.511. The number of nitrogens with one attached hydrogen (secondary N) is 1. The van der Waals surface area contributed by atoms with Crippen molar-refractivity contribution in [2.75, 3.05) is 6.54 Å². The van der Waals surface area contributed by atoms with E-state index in [-0.39, 0.29) is 0 Å². The molecule has 0 aromatic heterocycles. The van der Waals surface area contributed by atoms with Crippen LogP contribution in [0.5, 0.6) is 0 Å². The van der Waals surface area contributed by atoms with Gasteiger partial charge in [0.05, 0.1) is 11.6 Å². The molecule has 1 heterocycles. The second kappa shape index (κ2) is 2.90. The number of allylic oxidation sites excluding steroid dienone is 4. The third kappa shape index (κ3) is 1.11. The zero-order valence-corrected chi connectivity index (χ0v) is 8.33. The normalized spacial score (nSPS) is 32.5. The molecule has 0 saturated heterocycles. The van der Waals surface area contributed by atoms with Crippen LogP contribution in [-0.4, -0.2) is 18.0 Å². The van der Waals surface area contributed by atoms with E-state index in [0.717, 1.165) is 30.5 Å². The van der Waals surface area contributed by atoms with Crippen molar-refractivity contribution in [1.82, 2.24) is 0 Å². The standard InChI is InChI=1S/C12H11N3/c13-5-7-1-2-11-12-8(6-15-11)3-9(14)4-10(7)12/h1,4,8,12,14H,2-3,6H2. The van der Waals surface area contributed by atoms with E-state index in [2.05, 4.69) is 11.1 Å². The number of nitrogens with zero attached hydrogens (tertiary/aromatic N) is 2. The molecule has 3 nitrogen and oxygen atoms in total. The number of rotatable bonds is 0. The van der Waals surface area contributed by atoms with Gasteiger partial charge < -0.3 is 5.41 Å². The Balaban J connectivity index is 2.15. The van der Waals surface area contributed by atoms with Crippen LogP contribution in [0.2, 0.25) is 0 Å². The van der Waals surface area contributed by atoms with Crippen molar-refractivity contribution in [3.63, 3.8) is 0 Å². The molecular formula is C12H11N3. The van der Waals surface area contributed by atoms with Gasteiger partial charge in [0, 0.05) is 30.3 Å². The van der Waals surface area contributed by atoms with Crippen LogP contribution in [0.1, 0.15) is 12.8 Å². The summed E-state index contributed by atoms with van der Waals surface area (Å²) in [6.07, 6.45) is 5.47. The van der Waals surface area contributed by atoms with E-state index in [9.17, 15) is 0 Å². The van der Waals surface area contributed by atoms with E-state index >= 15 is 0 Å². The molecule has 3 heteroatoms. The monoisotopic (exact) mass is 197 g/mol. The fourth-order valence-corrected chi connectivity index (χ4v) is 2.82. The molecule has 0 aromatic rings. The van der Waals surface area contributed by atoms with Gasteiger partial charge in [0.2, 0.25) is 0 Å². The lowest BCUT2D eigenvalue weighted by Crippen LogP contribution is -2.30. The lowest BCUT2D eigenvalue weighted by atomic mass is 9.71. The SMILES string of the molecule is N#CC1=CCC2=NCC3CC(=N)C=C1C23. The highest BCUT2D eigenvalue weighted by atomic mass is 14.8. The minimum Gasteiger partial charge on any atom is -0.305 e. The van der Waals surface area contributed by atoms with Gasteiger partial charge in [-0.05, 0) is 24.0 Å². The first-order chi connectivity index (χ1) is 7.29. The van der Waals surface area contributed by atoms with Crippen molar-refractivity contribution in [1.29, 1.82) is 10.7 Å². The van der Waals surface area contributed by atoms with Gasteiger partial charge in [0.15, 0.2) is 0 Å². The van der Waals surface area contributed by atoms with Gasteiger partial charge in [-0.3, -0.25) is 4.99 Å². The molecule has 2 unspecified atom stereocenters. The zero-order valence-electron chi connectivity index (χ0n) is 8.33. The zero-order chi connectivity index (χ0) is 10.4. The molecule has 0 amide bonds. The highest BCUT2D eigenvalue weighted by molar-refractivity contribution is 6.03. The van der Waals surface area contributed by atoms with Gasteiger partial charge in [-0.2, -0.15) is 5.26 Å². The smallest absolute Gasteiger partial charge is 0.0991 e. The quantitative estimate of drug-likeness (QED) is 0.633. The maximum absolute atomic E-state index is 9.04. The maximum atomic E-state index is 9.04. The Morgan fingerprint density at radius 3 is 3.20 bits per heavy atom. The Hall–Kier alpha value is -1.69. The third-order valence-corrected chi connectivity index (χ3v) is 3.45. The van der Waals surface area contributed by atoms with Crippen molar-refractivity contribution in [3.8, 4) is 6.07 Å². The first-order valence-electron chi connectivity index (χ1n) is 5.22. The van der Waals surface area contributed by atoms with Gasteiger partial charge in [-0.25, -0.2) is 0 Å². The van der Waals surface area contributed by atoms with Gasteiger partial charge in [0.25, 0.3) is 0 Å². The molecular weight excluding hydrogens is 186 g/mol. The minimum atomic E-state index is 0.346. The van der Waals surface area contributed by atoms with Crippen LogP contribution in [0, 0.1) is 28.6 Å². The van der Waals surface area contributed by atoms with Crippen molar-refractivity contribution in [2.45, 2.75) is 12.8 Å². The van der Waals surface area contributed by atoms with Crippen LogP contribution < -0.4 is 0 Å². The van der Waals surface area contributed by atoms with Crippen LogP contribution in [-0.2, 0) is 0 Å². The Morgan fingerprint density at radius 1 is 1.53 bits per heavy atom. The molecule has 74 valence electrons. The summed E-state index contributed by atoms with van der Waals surface area (Å²) in [4.78, 5) is 4.53. The number of hydrogen-bond donors (Lipinski definition) is 1. The second-order valence-corrected chi connectivity index (χ2v) is 4.33. The molecule has 0 saturated carbocycles. The molecule has 2 atom stereocenters. The maximum Gasteiger partial charge on any atom is 0.0991 e. The molecule has 0 fully saturated rings. The number of hydrogen-bond acceptors (Lipinski definition) is 3. The van der Waals surface area contributed by atoms with E-state index in [1.165, 1.54) is 5.71 Å². The van der Waals surface area contributed by atoms with Crippen molar-refractivity contribution in [3.05, 3.63) is 23.3 Å². The molecule has 0 bridgehead atoms. The number of aliphatic imine (C=N–C) groups is 1. The van der Waals surface area contributed by atoms with Crippen LogP contribution in [0.3, 0.4) is 0 Å². The number of nitriles is 1. The molecule has 0 radical (unpaired) electrons. The van der Waals surface area contributed by atoms with E-state index in [1.807, 2.05) is 12.2 Å². The van der Waals surface area contributed by atoms with Crippen LogP contribution in [0.4, 0.5) is 0 Å². The predicted molar refractivity (Wildman–Crippen MR) is 58.0 cm³/mol. The van der Waals surface area contributed by atoms with Gasteiger partial charge in [-0.1, -0.05) is 6.08 Å². The molecule has 0 spiro atoms. The largest absolute Gasteiger partial charge is 0.305 e. The van der Waals surface area contributed by atoms with E-state index in [4.69, 9.17) is 10.7 Å². The molecule has 3 rings (SSSR count). The summed E-state index contributed by atoms with van der Waals surface area (Å²) in [6.45, 7) is 0.840. The van der Waals surface area contributed by atoms with E-state index in [1.54, 1.807) is 0 Å². The average Bonchev–Trinajstić information content (AvgIpc) is 2.63. The molecule has 2 aliphatic carbocycles. The third-order valence-electron chi connectivity index (χ3n) is 3.45. The molecule has 1 aliphatic heterocycles. The summed E-state index contributed by atoms with van der Waals surface area (Å²) in [6, 6.07) is 2.23. The van der Waals surface area contributed by atoms with Gasteiger partial charge in [0.1, 0.15) is 0 Å². The summed E-state index contributed by atoms with van der Waals surface area (Å²) in [7, 11) is 0. The Labute approximate surface area is 88.3 Å². The average molecular weight is 197 g/mol. The topological polar surface area (TPSA) is 60.0 Å². The van der Waals surface area contributed by atoms with E-state index < -0.39 is 0 Å². The fraction of sp³-hybridized carbons (Fsp3) is 0.417. The fourth-order valence-electron chi connectivity index (χ4n) is 2.82. The van der Waals surface area contributed by atoms with Crippen LogP contribution in [0.15, 0.2) is 28.3 Å². The van der Waals surface area contributed by atoms with Crippen molar-refractivity contribution >= 4 is 11.4 Å². The van der Waals surface area contributed by atoms with Crippen LogP contribution in [0.25, 0.3) is 0 Å². The van der Waals surface area contributed by atoms with Gasteiger partial charge >= 0.3 is 0 Å². The highest BCUT2D eigenvalue weighted by Gasteiger charge is 2.40. The Kier molecular flexibility index (Phi) is 1.66. The lowest BCUT2D eigenvalue weighted by Gasteiger charge is -2.30. The van der Waals surface area contributed by atoms with E-state index in [0.29, 0.717) is 17.5 Å². The molecule has 0 aromatic carbocycles. The molecule has 1 N–H and O–H groups in total. The molecule has 15 heavy (non-hydrogen) atoms. The summed E-state index contributed by atoms with van der Waals surface area (Å²) >= 11 is 0. The first-order valence-corrected chi connectivity index (χ1v) is 5.22. The highest BCUT2D eigenvalue weighted by Crippen LogP contribution is 2.41. The van der Waals surface area contributed by atoms with Crippen molar-refractivity contribution in [2.24, 2.45) is 16.8 Å². The second-order valence-electron chi connectivity index (χ2n) is 4.33. The summed E-state index contributed by atoms with van der Waals surface area (Å²) in [5.41, 5.74) is 3.67. The first kappa shape index (κ1) is 8.60. The predicted octanol–water partition coefficient (Wildman–Crippen LogP) is 1.88. The summed E-state index contributed by atoms with van der Waals surface area (Å²) in [5, 5.41) is 16.8. The molecule has 3 aliphatic rings.